The van der Waals surface area contributed by atoms with Crippen LogP contribution < -0.4 is 4.72 Å². The van der Waals surface area contributed by atoms with E-state index in [4.69, 9.17) is 0 Å². The predicted octanol–water partition coefficient (Wildman–Crippen LogP) is 2.01. The second-order valence-electron chi connectivity index (χ2n) is 6.52. The maximum absolute atomic E-state index is 12.4. The van der Waals surface area contributed by atoms with Crippen LogP contribution in [-0.4, -0.2) is 29.0 Å². The topological polar surface area (TPSA) is 97.4 Å². The monoisotopic (exact) mass is 393 g/mol. The average molecular weight is 393 g/mol. The van der Waals surface area contributed by atoms with E-state index in [1.807, 2.05) is 31.2 Å². The third-order valence-electron chi connectivity index (χ3n) is 4.51. The Morgan fingerprint density at radius 2 is 1.54 bits per heavy atom. The molecule has 0 radical (unpaired) electrons. The predicted molar refractivity (Wildman–Crippen MR) is 96.9 cm³/mol. The lowest BCUT2D eigenvalue weighted by atomic mass is 10.0. The van der Waals surface area contributed by atoms with Gasteiger partial charge in [0, 0.05) is 12.2 Å². The number of aryl methyl sites for hydroxylation is 1. The number of rotatable bonds is 5. The molecule has 2 atom stereocenters. The minimum Gasteiger partial charge on any atom is -0.274 e. The molecule has 3 rings (SSSR count). The first kappa shape index (κ1) is 18.6. The van der Waals surface area contributed by atoms with Crippen molar-refractivity contribution >= 4 is 25.8 Å². The molecule has 8 heteroatoms. The average Bonchev–Trinajstić information content (AvgIpc) is 3.35. The Hall–Kier alpha value is -2.19. The van der Waals surface area contributed by atoms with Crippen molar-refractivity contribution in [2.45, 2.75) is 29.1 Å². The van der Waals surface area contributed by atoms with Crippen LogP contribution in [0.3, 0.4) is 0 Å². The van der Waals surface area contributed by atoms with Gasteiger partial charge in [-0.25, -0.2) is 21.6 Å². The summed E-state index contributed by atoms with van der Waals surface area (Å²) < 4.78 is 49.7. The van der Waals surface area contributed by atoms with Crippen molar-refractivity contribution in [1.82, 2.24) is 4.72 Å². The molecule has 1 N–H and O–H groups in total. The van der Waals surface area contributed by atoms with Gasteiger partial charge in [0.25, 0.3) is 10.0 Å². The van der Waals surface area contributed by atoms with Crippen LogP contribution >= 0.6 is 0 Å². The van der Waals surface area contributed by atoms with Crippen LogP contribution in [0.25, 0.3) is 0 Å². The van der Waals surface area contributed by atoms with Crippen molar-refractivity contribution in [3.8, 4) is 0 Å². The molecule has 0 bridgehead atoms. The van der Waals surface area contributed by atoms with Crippen molar-refractivity contribution in [2.75, 3.05) is 6.26 Å². The third-order valence-corrected chi connectivity index (χ3v) is 7.00. The van der Waals surface area contributed by atoms with Gasteiger partial charge in [0.1, 0.15) is 0 Å². The fraction of sp³-hybridized carbons (Fsp3) is 0.278. The molecular formula is C18H19NO5S2. The molecule has 138 valence electrons. The number of nitrogens with one attached hydrogen (secondary N) is 1. The second-order valence-corrected chi connectivity index (χ2v) is 10.2. The molecule has 1 amide bonds. The third kappa shape index (κ3) is 3.81. The number of sulfonamides is 1. The van der Waals surface area contributed by atoms with Crippen LogP contribution in [0.1, 0.15) is 23.5 Å². The summed E-state index contributed by atoms with van der Waals surface area (Å²) in [6, 6.07) is 12.5. The fourth-order valence-corrected chi connectivity index (χ4v) is 4.62. The summed E-state index contributed by atoms with van der Waals surface area (Å²) in [6.45, 7) is 1.96. The minimum absolute atomic E-state index is 0.0181. The summed E-state index contributed by atoms with van der Waals surface area (Å²) in [5, 5.41) is 0. The highest BCUT2D eigenvalue weighted by molar-refractivity contribution is 7.91. The molecule has 1 fully saturated rings. The van der Waals surface area contributed by atoms with E-state index in [1.54, 1.807) is 0 Å². The Labute approximate surface area is 153 Å². The number of benzene rings is 2. The normalized spacial score (nSPS) is 19.8. The highest BCUT2D eigenvalue weighted by Gasteiger charge is 2.45. The summed E-state index contributed by atoms with van der Waals surface area (Å²) in [6.07, 6.45) is 1.65. The molecule has 0 aromatic heterocycles. The molecule has 0 aliphatic heterocycles. The lowest BCUT2D eigenvalue weighted by molar-refractivity contribution is -0.120. The molecule has 2 aromatic carbocycles. The quantitative estimate of drug-likeness (QED) is 0.838. The highest BCUT2D eigenvalue weighted by Crippen LogP contribution is 2.48. The van der Waals surface area contributed by atoms with Gasteiger partial charge in [-0.3, -0.25) is 4.79 Å². The minimum atomic E-state index is -4.04. The van der Waals surface area contributed by atoms with Crippen molar-refractivity contribution in [3.05, 3.63) is 59.7 Å². The highest BCUT2D eigenvalue weighted by atomic mass is 32.2. The van der Waals surface area contributed by atoms with Gasteiger partial charge in [0.05, 0.1) is 9.79 Å². The Balaban J connectivity index is 1.72. The van der Waals surface area contributed by atoms with Crippen LogP contribution in [-0.2, 0) is 24.7 Å². The van der Waals surface area contributed by atoms with Crippen LogP contribution in [0.15, 0.2) is 58.3 Å². The summed E-state index contributed by atoms with van der Waals surface area (Å²) in [5.41, 5.74) is 2.13. The zero-order chi connectivity index (χ0) is 19.1. The zero-order valence-corrected chi connectivity index (χ0v) is 16.0. The molecule has 0 spiro atoms. The van der Waals surface area contributed by atoms with E-state index in [-0.39, 0.29) is 21.6 Å². The van der Waals surface area contributed by atoms with Crippen molar-refractivity contribution < 1.29 is 21.6 Å². The van der Waals surface area contributed by atoms with E-state index < -0.39 is 25.8 Å². The smallest absolute Gasteiger partial charge is 0.264 e. The fourth-order valence-electron chi connectivity index (χ4n) is 2.96. The molecule has 0 heterocycles. The summed E-state index contributed by atoms with van der Waals surface area (Å²) in [7, 11) is -7.45. The van der Waals surface area contributed by atoms with Gasteiger partial charge in [0.2, 0.25) is 5.91 Å². The van der Waals surface area contributed by atoms with E-state index in [9.17, 15) is 21.6 Å². The van der Waals surface area contributed by atoms with E-state index in [0.29, 0.717) is 6.42 Å². The van der Waals surface area contributed by atoms with E-state index in [0.717, 1.165) is 17.4 Å². The van der Waals surface area contributed by atoms with Gasteiger partial charge in [-0.05, 0) is 54.7 Å². The number of amides is 1. The van der Waals surface area contributed by atoms with Crippen molar-refractivity contribution in [2.24, 2.45) is 5.92 Å². The Morgan fingerprint density at radius 1 is 0.962 bits per heavy atom. The molecule has 6 nitrogen and oxygen atoms in total. The molecule has 0 unspecified atom stereocenters. The van der Waals surface area contributed by atoms with Gasteiger partial charge in [0.15, 0.2) is 9.84 Å². The number of carbonyl (C=O) groups is 1. The van der Waals surface area contributed by atoms with Gasteiger partial charge in [-0.15, -0.1) is 0 Å². The zero-order valence-electron chi connectivity index (χ0n) is 14.3. The van der Waals surface area contributed by atoms with Crippen LogP contribution in [0.2, 0.25) is 0 Å². The number of hydrogen-bond donors (Lipinski definition) is 1. The Bertz CT molecular complexity index is 1060. The number of sulfone groups is 1. The number of carbonyl (C=O) groups excluding carboxylic acids is 1. The molecule has 1 saturated carbocycles. The van der Waals surface area contributed by atoms with E-state index in [2.05, 4.69) is 4.72 Å². The number of hydrogen-bond acceptors (Lipinski definition) is 5. The first-order valence-electron chi connectivity index (χ1n) is 8.02. The van der Waals surface area contributed by atoms with Crippen LogP contribution in [0, 0.1) is 12.8 Å². The van der Waals surface area contributed by atoms with Crippen molar-refractivity contribution in [1.29, 1.82) is 0 Å². The molecule has 2 aromatic rings. The summed E-state index contributed by atoms with van der Waals surface area (Å²) in [5.74, 6) is -0.884. The maximum Gasteiger partial charge on any atom is 0.264 e. The molecule has 26 heavy (non-hydrogen) atoms. The first-order valence-corrected chi connectivity index (χ1v) is 11.4. The second kappa shape index (κ2) is 6.51. The molecule has 0 saturated heterocycles. The molecule has 1 aliphatic carbocycles. The van der Waals surface area contributed by atoms with Gasteiger partial charge in [-0.1, -0.05) is 24.3 Å². The SMILES string of the molecule is Cc1ccccc1[C@@H]1C[C@H]1C(=O)NS(=O)(=O)c1ccc(S(C)(=O)=O)cc1. The Morgan fingerprint density at radius 3 is 2.12 bits per heavy atom. The van der Waals surface area contributed by atoms with Gasteiger partial charge in [-0.2, -0.15) is 0 Å². The first-order chi connectivity index (χ1) is 12.1. The van der Waals surface area contributed by atoms with Gasteiger partial charge < -0.3 is 0 Å². The van der Waals surface area contributed by atoms with Gasteiger partial charge >= 0.3 is 0 Å². The lowest BCUT2D eigenvalue weighted by Gasteiger charge is -2.08. The lowest BCUT2D eigenvalue weighted by Crippen LogP contribution is -2.32. The van der Waals surface area contributed by atoms with Crippen LogP contribution in [0.5, 0.6) is 0 Å². The largest absolute Gasteiger partial charge is 0.274 e. The molecular weight excluding hydrogens is 374 g/mol. The van der Waals surface area contributed by atoms with Crippen molar-refractivity contribution in [3.63, 3.8) is 0 Å². The summed E-state index contributed by atoms with van der Waals surface area (Å²) >= 11 is 0. The van der Waals surface area contributed by atoms with E-state index >= 15 is 0 Å². The maximum atomic E-state index is 12.4. The standard InChI is InChI=1S/C18H19NO5S2/c1-12-5-3-4-6-15(12)16-11-17(16)18(20)19-26(23,24)14-9-7-13(8-10-14)25(2,21)22/h3-10,16-17H,11H2,1-2H3,(H,19,20)/t16-,17+/m0/s1. The van der Waals surface area contributed by atoms with E-state index in [1.165, 1.54) is 24.3 Å². The molecule has 1 aliphatic rings. The summed E-state index contributed by atoms with van der Waals surface area (Å²) in [4.78, 5) is 12.2. The van der Waals surface area contributed by atoms with Crippen LogP contribution in [0.4, 0.5) is 0 Å². The Kier molecular flexibility index (Phi) is 4.66.